The van der Waals surface area contributed by atoms with Gasteiger partial charge in [-0.25, -0.2) is 0 Å². The molecular formula is C23H26N4O2. The van der Waals surface area contributed by atoms with Gasteiger partial charge in [-0.1, -0.05) is 30.3 Å². The Morgan fingerprint density at radius 3 is 2.45 bits per heavy atom. The van der Waals surface area contributed by atoms with Crippen LogP contribution in [0.5, 0.6) is 0 Å². The van der Waals surface area contributed by atoms with Crippen LogP contribution in [0, 0.1) is 25.2 Å². The van der Waals surface area contributed by atoms with Gasteiger partial charge in [0.1, 0.15) is 0 Å². The molecule has 0 spiro atoms. The lowest BCUT2D eigenvalue weighted by Gasteiger charge is -2.36. The van der Waals surface area contributed by atoms with E-state index in [0.29, 0.717) is 19.5 Å². The van der Waals surface area contributed by atoms with Gasteiger partial charge in [0.2, 0.25) is 11.8 Å². The predicted octanol–water partition coefficient (Wildman–Crippen LogP) is 2.46. The van der Waals surface area contributed by atoms with Crippen molar-refractivity contribution in [3.8, 4) is 6.07 Å². The Kier molecular flexibility index (Phi) is 6.30. The Hall–Kier alpha value is -3.17. The van der Waals surface area contributed by atoms with Crippen LogP contribution in [-0.4, -0.2) is 35.8 Å². The summed E-state index contributed by atoms with van der Waals surface area (Å²) < 4.78 is 0. The molecule has 1 unspecified atom stereocenters. The van der Waals surface area contributed by atoms with Crippen LogP contribution in [0.2, 0.25) is 0 Å². The van der Waals surface area contributed by atoms with Gasteiger partial charge >= 0.3 is 0 Å². The first-order chi connectivity index (χ1) is 13.9. The monoisotopic (exact) mass is 390 g/mol. The van der Waals surface area contributed by atoms with Gasteiger partial charge in [-0.3, -0.25) is 14.5 Å². The summed E-state index contributed by atoms with van der Waals surface area (Å²) in [7, 11) is 0. The zero-order valence-electron chi connectivity index (χ0n) is 16.9. The van der Waals surface area contributed by atoms with E-state index in [0.717, 1.165) is 27.9 Å². The van der Waals surface area contributed by atoms with Gasteiger partial charge in [0.15, 0.2) is 0 Å². The third kappa shape index (κ3) is 4.82. The maximum Gasteiger partial charge on any atom is 0.241 e. The first-order valence-electron chi connectivity index (χ1n) is 9.75. The highest BCUT2D eigenvalue weighted by molar-refractivity contribution is 5.95. The second kappa shape index (κ2) is 8.89. The topological polar surface area (TPSA) is 90.4 Å². The Morgan fingerprint density at radius 1 is 1.17 bits per heavy atom. The van der Waals surface area contributed by atoms with Crippen molar-refractivity contribution in [3.05, 3.63) is 64.7 Å². The van der Waals surface area contributed by atoms with Crippen molar-refractivity contribution < 1.29 is 9.59 Å². The highest BCUT2D eigenvalue weighted by Gasteiger charge is 2.32. The summed E-state index contributed by atoms with van der Waals surface area (Å²) in [6, 6.07) is 15.4. The molecule has 2 aromatic rings. The van der Waals surface area contributed by atoms with Crippen LogP contribution in [-0.2, 0) is 22.6 Å². The van der Waals surface area contributed by atoms with E-state index in [1.165, 1.54) is 0 Å². The maximum atomic E-state index is 13.2. The lowest BCUT2D eigenvalue weighted by molar-refractivity contribution is -0.126. The number of anilines is 1. The van der Waals surface area contributed by atoms with Crippen molar-refractivity contribution in [1.29, 1.82) is 5.26 Å². The molecule has 6 nitrogen and oxygen atoms in total. The number of aryl methyl sites for hydroxylation is 2. The van der Waals surface area contributed by atoms with Crippen LogP contribution in [0.15, 0.2) is 42.5 Å². The van der Waals surface area contributed by atoms with E-state index in [1.54, 1.807) is 4.90 Å². The minimum Gasteiger partial charge on any atom is -0.368 e. The van der Waals surface area contributed by atoms with Crippen LogP contribution in [0.4, 0.5) is 5.69 Å². The number of benzene rings is 2. The summed E-state index contributed by atoms with van der Waals surface area (Å²) in [6.45, 7) is 4.83. The van der Waals surface area contributed by atoms with E-state index in [-0.39, 0.29) is 18.9 Å². The highest BCUT2D eigenvalue weighted by Crippen LogP contribution is 2.25. The number of hydrogen-bond donors (Lipinski definition) is 1. The van der Waals surface area contributed by atoms with E-state index in [4.69, 9.17) is 11.0 Å². The number of carbonyl (C=O) groups is 2. The molecule has 29 heavy (non-hydrogen) atoms. The van der Waals surface area contributed by atoms with E-state index in [1.807, 2.05) is 61.2 Å². The van der Waals surface area contributed by atoms with Crippen molar-refractivity contribution in [3.63, 3.8) is 0 Å². The second-order valence-electron chi connectivity index (χ2n) is 7.60. The number of nitrogens with zero attached hydrogens (tertiary/aromatic N) is 3. The summed E-state index contributed by atoms with van der Waals surface area (Å²) in [5.41, 5.74) is 10.7. The zero-order valence-corrected chi connectivity index (χ0v) is 16.9. The molecule has 0 saturated heterocycles. The quantitative estimate of drug-likeness (QED) is 0.820. The molecule has 0 aromatic heterocycles. The number of fused-ring (bicyclic) bond motifs is 1. The van der Waals surface area contributed by atoms with Crippen molar-refractivity contribution in [2.45, 2.75) is 39.3 Å². The normalized spacial score (nSPS) is 16.0. The molecular weight excluding hydrogens is 364 g/mol. The van der Waals surface area contributed by atoms with E-state index in [9.17, 15) is 9.59 Å². The predicted molar refractivity (Wildman–Crippen MR) is 112 cm³/mol. The van der Waals surface area contributed by atoms with Crippen molar-refractivity contribution in [1.82, 2.24) is 4.90 Å². The summed E-state index contributed by atoms with van der Waals surface area (Å²) in [4.78, 5) is 28.8. The highest BCUT2D eigenvalue weighted by atomic mass is 16.2. The second-order valence-corrected chi connectivity index (χ2v) is 7.60. The summed E-state index contributed by atoms with van der Waals surface area (Å²) in [6.07, 6.45) is 0.737. The molecule has 0 aliphatic carbocycles. The largest absolute Gasteiger partial charge is 0.368 e. The Morgan fingerprint density at radius 2 is 1.83 bits per heavy atom. The molecule has 1 atom stereocenters. The number of primary amides is 1. The minimum absolute atomic E-state index is 0.0698. The Bertz CT molecular complexity index is 943. The fourth-order valence-electron chi connectivity index (χ4n) is 3.95. The van der Waals surface area contributed by atoms with E-state index < -0.39 is 11.9 Å². The molecule has 3 rings (SSSR count). The van der Waals surface area contributed by atoms with Crippen LogP contribution in [0.3, 0.4) is 0 Å². The molecule has 0 radical (unpaired) electrons. The first-order valence-corrected chi connectivity index (χ1v) is 9.75. The summed E-state index contributed by atoms with van der Waals surface area (Å²) in [5, 5.41) is 9.04. The average molecular weight is 390 g/mol. The molecule has 0 bridgehead atoms. The molecule has 0 saturated carbocycles. The fourth-order valence-corrected chi connectivity index (χ4v) is 3.95. The van der Waals surface area contributed by atoms with E-state index in [2.05, 4.69) is 6.07 Å². The lowest BCUT2D eigenvalue weighted by Crippen LogP contribution is -2.52. The fraction of sp³-hybridized carbons (Fsp3) is 0.348. The standard InChI is InChI=1S/C23H26N4O2/c1-16-10-17(2)12-20(11-16)27(9-5-8-24)22(28)15-26-14-19-7-4-3-6-18(19)13-21(26)23(25)29/h3-4,6-7,10-12,21H,5,9,13-15H2,1-2H3,(H2,25,29). The first kappa shape index (κ1) is 20.6. The lowest BCUT2D eigenvalue weighted by atomic mass is 9.93. The van der Waals surface area contributed by atoms with Gasteiger partial charge in [0.25, 0.3) is 0 Å². The van der Waals surface area contributed by atoms with Gasteiger partial charge in [-0.2, -0.15) is 5.26 Å². The molecule has 0 fully saturated rings. The average Bonchev–Trinajstić information content (AvgIpc) is 2.67. The van der Waals surface area contributed by atoms with Crippen LogP contribution < -0.4 is 10.6 Å². The number of nitrogens with two attached hydrogens (primary N) is 1. The molecule has 150 valence electrons. The Labute approximate surface area is 171 Å². The van der Waals surface area contributed by atoms with Gasteiger partial charge in [0, 0.05) is 18.8 Å². The number of amides is 2. The van der Waals surface area contributed by atoms with Crippen LogP contribution >= 0.6 is 0 Å². The molecule has 6 heteroatoms. The van der Waals surface area contributed by atoms with Crippen LogP contribution in [0.25, 0.3) is 0 Å². The smallest absolute Gasteiger partial charge is 0.241 e. The molecule has 1 heterocycles. The van der Waals surface area contributed by atoms with Crippen molar-refractivity contribution in [2.24, 2.45) is 5.73 Å². The molecule has 2 aromatic carbocycles. The maximum absolute atomic E-state index is 13.2. The number of hydrogen-bond acceptors (Lipinski definition) is 4. The minimum atomic E-state index is -0.522. The summed E-state index contributed by atoms with van der Waals surface area (Å²) in [5.74, 6) is -0.571. The SMILES string of the molecule is Cc1cc(C)cc(N(CCC#N)C(=O)CN2Cc3ccccc3CC2C(N)=O)c1. The molecule has 1 aliphatic rings. The zero-order chi connectivity index (χ0) is 21.0. The van der Waals surface area contributed by atoms with E-state index >= 15 is 0 Å². The number of nitriles is 1. The van der Waals surface area contributed by atoms with Gasteiger partial charge in [-0.05, 0) is 54.7 Å². The third-order valence-electron chi connectivity index (χ3n) is 5.28. The number of carbonyl (C=O) groups excluding carboxylic acids is 2. The van der Waals surface area contributed by atoms with Gasteiger partial charge in [0.05, 0.1) is 25.1 Å². The number of rotatable bonds is 6. The Balaban J connectivity index is 1.86. The molecule has 1 aliphatic heterocycles. The molecule has 2 amide bonds. The van der Waals surface area contributed by atoms with Crippen molar-refractivity contribution in [2.75, 3.05) is 18.0 Å². The van der Waals surface area contributed by atoms with Gasteiger partial charge in [-0.15, -0.1) is 0 Å². The van der Waals surface area contributed by atoms with Crippen molar-refractivity contribution >= 4 is 17.5 Å². The van der Waals surface area contributed by atoms with Crippen LogP contribution in [0.1, 0.15) is 28.7 Å². The third-order valence-corrected chi connectivity index (χ3v) is 5.28. The van der Waals surface area contributed by atoms with Gasteiger partial charge < -0.3 is 10.6 Å². The molecule has 2 N–H and O–H groups in total. The summed E-state index contributed by atoms with van der Waals surface area (Å²) >= 11 is 0.